The molecule has 0 radical (unpaired) electrons. The van der Waals surface area contributed by atoms with Crippen LogP contribution in [0.25, 0.3) is 6.08 Å². The predicted molar refractivity (Wildman–Crippen MR) is 128 cm³/mol. The number of H-pyrrole nitrogens is 1. The molecule has 1 N–H and O–H groups in total. The zero-order valence-electron chi connectivity index (χ0n) is 18.5. The first kappa shape index (κ1) is 21.3. The van der Waals surface area contributed by atoms with E-state index in [0.29, 0.717) is 11.1 Å². The fraction of sp³-hybridized carbons (Fsp3) is 0.296. The third kappa shape index (κ3) is 4.39. The number of hydrogen-bond donors (Lipinski definition) is 1. The van der Waals surface area contributed by atoms with Crippen LogP contribution in [0, 0.1) is 0 Å². The van der Waals surface area contributed by atoms with Gasteiger partial charge in [-0.05, 0) is 37.3 Å². The number of ketones is 2. The Morgan fingerprint density at radius 3 is 2.27 bits per heavy atom. The fourth-order valence-electron chi connectivity index (χ4n) is 4.87. The van der Waals surface area contributed by atoms with Crippen LogP contribution in [0.1, 0.15) is 63.0 Å². The molecule has 1 fully saturated rings. The second kappa shape index (κ2) is 9.16. The summed E-state index contributed by atoms with van der Waals surface area (Å²) < 4.78 is 1.95. The van der Waals surface area contributed by atoms with E-state index in [4.69, 9.17) is 0 Å². The van der Waals surface area contributed by atoms with Crippen molar-refractivity contribution in [3.63, 3.8) is 0 Å². The van der Waals surface area contributed by atoms with E-state index in [0.717, 1.165) is 62.3 Å². The molecule has 6 nitrogen and oxygen atoms in total. The second-order valence-electron chi connectivity index (χ2n) is 8.83. The summed E-state index contributed by atoms with van der Waals surface area (Å²) in [5, 5.41) is 0. The van der Waals surface area contributed by atoms with Crippen molar-refractivity contribution in [2.24, 2.45) is 0 Å². The highest BCUT2D eigenvalue weighted by atomic mass is 16.2. The molecule has 0 atom stereocenters. The number of aromatic amines is 1. The van der Waals surface area contributed by atoms with E-state index >= 15 is 0 Å². The molecule has 1 saturated heterocycles. The number of aryl methyl sites for hydroxylation is 1. The molecule has 33 heavy (non-hydrogen) atoms. The first-order valence-corrected chi connectivity index (χ1v) is 11.6. The third-order valence-corrected chi connectivity index (χ3v) is 6.67. The Morgan fingerprint density at radius 1 is 0.909 bits per heavy atom. The van der Waals surface area contributed by atoms with Crippen LogP contribution >= 0.6 is 0 Å². The molecule has 6 heteroatoms. The number of carbonyl (C=O) groups excluding carboxylic acids is 2. The average molecular weight is 442 g/mol. The van der Waals surface area contributed by atoms with E-state index < -0.39 is 11.6 Å². The van der Waals surface area contributed by atoms with Gasteiger partial charge in [-0.3, -0.25) is 19.1 Å². The van der Waals surface area contributed by atoms with Crippen molar-refractivity contribution in [1.29, 1.82) is 0 Å². The number of Topliss-reactive ketones (excluding diaryl/α,β-unsaturated/α-hetero) is 2. The number of piperidine rings is 1. The number of nitrogens with one attached hydrogen (secondary N) is 1. The summed E-state index contributed by atoms with van der Waals surface area (Å²) in [5.41, 5.74) is 4.05. The van der Waals surface area contributed by atoms with Crippen LogP contribution in [0.2, 0.25) is 0 Å². The van der Waals surface area contributed by atoms with Crippen molar-refractivity contribution >= 4 is 17.6 Å². The summed E-state index contributed by atoms with van der Waals surface area (Å²) >= 11 is 0. The first-order valence-electron chi connectivity index (χ1n) is 11.6. The van der Waals surface area contributed by atoms with Gasteiger partial charge < -0.3 is 4.98 Å². The van der Waals surface area contributed by atoms with Crippen LogP contribution in [-0.4, -0.2) is 39.1 Å². The first-order chi connectivity index (χ1) is 16.1. The summed E-state index contributed by atoms with van der Waals surface area (Å²) in [7, 11) is 0. The Bertz CT molecular complexity index is 1240. The monoisotopic (exact) mass is 441 g/mol. The van der Waals surface area contributed by atoms with Crippen LogP contribution in [-0.2, 0) is 13.0 Å². The van der Waals surface area contributed by atoms with Gasteiger partial charge >= 0.3 is 5.69 Å². The minimum atomic E-state index is -0.484. The number of nitrogens with zero attached hydrogens (tertiary/aromatic N) is 2. The Morgan fingerprint density at radius 2 is 1.58 bits per heavy atom. The van der Waals surface area contributed by atoms with E-state index in [2.05, 4.69) is 22.0 Å². The van der Waals surface area contributed by atoms with Crippen molar-refractivity contribution in [1.82, 2.24) is 14.5 Å². The Labute approximate surface area is 192 Å². The summed E-state index contributed by atoms with van der Waals surface area (Å²) in [6, 6.07) is 16.2. The van der Waals surface area contributed by atoms with Crippen molar-refractivity contribution in [2.75, 3.05) is 13.1 Å². The largest absolute Gasteiger partial charge is 0.326 e. The van der Waals surface area contributed by atoms with Crippen molar-refractivity contribution in [3.05, 3.63) is 99.2 Å². The molecule has 3 aromatic rings. The van der Waals surface area contributed by atoms with E-state index in [1.807, 2.05) is 22.8 Å². The quantitative estimate of drug-likeness (QED) is 0.463. The maximum atomic E-state index is 12.5. The summed E-state index contributed by atoms with van der Waals surface area (Å²) in [6.45, 7) is 2.61. The number of imidazole rings is 1. The molecule has 1 aliphatic carbocycles. The minimum absolute atomic E-state index is 0.00954. The lowest BCUT2D eigenvalue weighted by atomic mass is 9.99. The topological polar surface area (TPSA) is 75.2 Å². The Balaban J connectivity index is 1.19. The lowest BCUT2D eigenvalue weighted by Gasteiger charge is -2.33. The van der Waals surface area contributed by atoms with Gasteiger partial charge in [0.15, 0.2) is 0 Å². The number of aromatic nitrogens is 2. The van der Waals surface area contributed by atoms with Crippen molar-refractivity contribution < 1.29 is 9.59 Å². The van der Waals surface area contributed by atoms with Crippen LogP contribution < -0.4 is 5.69 Å². The van der Waals surface area contributed by atoms with Gasteiger partial charge in [-0.25, -0.2) is 4.79 Å². The molecule has 0 unspecified atom stereocenters. The smallest absolute Gasteiger partial charge is 0.309 e. The highest BCUT2D eigenvalue weighted by Gasteiger charge is 2.26. The maximum Gasteiger partial charge on any atom is 0.326 e. The zero-order chi connectivity index (χ0) is 22.8. The minimum Gasteiger partial charge on any atom is -0.309 e. The van der Waals surface area contributed by atoms with Crippen molar-refractivity contribution in [3.8, 4) is 0 Å². The number of carbonyl (C=O) groups is 2. The SMILES string of the molecule is O=C(C(=O)c1ccc(CN2CCC(n3c4c([nH]c3=O)CCC=C4)CC2)cc1)c1ccccc1. The normalized spacial score (nSPS) is 16.5. The van der Waals surface area contributed by atoms with Gasteiger partial charge in [0.1, 0.15) is 0 Å². The lowest BCUT2D eigenvalue weighted by Crippen LogP contribution is -2.37. The second-order valence-corrected chi connectivity index (χ2v) is 8.83. The van der Waals surface area contributed by atoms with Crippen LogP contribution in [0.5, 0.6) is 0 Å². The summed E-state index contributed by atoms with van der Waals surface area (Å²) in [5.74, 6) is -0.967. The van der Waals surface area contributed by atoms with Gasteiger partial charge in [-0.2, -0.15) is 0 Å². The molecule has 2 aromatic carbocycles. The average Bonchev–Trinajstić information content (AvgIpc) is 3.20. The maximum absolute atomic E-state index is 12.5. The molecule has 0 bridgehead atoms. The van der Waals surface area contributed by atoms with Crippen molar-refractivity contribution in [2.45, 2.75) is 38.3 Å². The summed E-state index contributed by atoms with van der Waals surface area (Å²) in [4.78, 5) is 42.9. The molecule has 0 saturated carbocycles. The van der Waals surface area contributed by atoms with E-state index in [1.54, 1.807) is 36.4 Å². The van der Waals surface area contributed by atoms with Crippen LogP contribution in [0.3, 0.4) is 0 Å². The molecule has 0 spiro atoms. The van der Waals surface area contributed by atoms with E-state index in [9.17, 15) is 14.4 Å². The number of hydrogen-bond acceptors (Lipinski definition) is 4. The molecular formula is C27H27N3O3. The molecular weight excluding hydrogens is 414 g/mol. The van der Waals surface area contributed by atoms with Crippen LogP contribution in [0.15, 0.2) is 65.5 Å². The highest BCUT2D eigenvalue weighted by Crippen LogP contribution is 2.27. The molecule has 2 heterocycles. The van der Waals surface area contributed by atoms with Gasteiger partial charge in [0.2, 0.25) is 11.6 Å². The molecule has 1 aromatic heterocycles. The van der Waals surface area contributed by atoms with E-state index in [-0.39, 0.29) is 11.7 Å². The van der Waals surface area contributed by atoms with Gasteiger partial charge in [0, 0.05) is 42.5 Å². The number of likely N-dealkylation sites (tertiary alicyclic amines) is 1. The summed E-state index contributed by atoms with van der Waals surface area (Å²) in [6.07, 6.45) is 7.97. The molecule has 2 aliphatic rings. The molecule has 0 amide bonds. The number of benzene rings is 2. The van der Waals surface area contributed by atoms with Gasteiger partial charge in [0.25, 0.3) is 0 Å². The van der Waals surface area contributed by atoms with E-state index in [1.165, 1.54) is 0 Å². The fourth-order valence-corrected chi connectivity index (χ4v) is 4.87. The molecule has 168 valence electrons. The van der Waals surface area contributed by atoms with Gasteiger partial charge in [-0.1, -0.05) is 60.7 Å². The van der Waals surface area contributed by atoms with Crippen LogP contribution in [0.4, 0.5) is 0 Å². The molecule has 5 rings (SSSR count). The Hall–Kier alpha value is -3.51. The predicted octanol–water partition coefficient (Wildman–Crippen LogP) is 4.04. The molecule has 1 aliphatic heterocycles. The van der Waals surface area contributed by atoms with Gasteiger partial charge in [-0.15, -0.1) is 0 Å². The highest BCUT2D eigenvalue weighted by molar-refractivity contribution is 6.49. The standard InChI is InChI=1S/C27H27N3O3/c31-25(20-6-2-1-3-7-20)26(32)21-12-10-19(11-13-21)18-29-16-14-22(15-17-29)30-24-9-5-4-8-23(24)28-27(30)33/h1-3,5-7,9-13,22H,4,8,14-18H2,(H,28,33). The lowest BCUT2D eigenvalue weighted by molar-refractivity contribution is 0.0817. The number of fused-ring (bicyclic) bond motifs is 1. The zero-order valence-corrected chi connectivity index (χ0v) is 18.5. The number of allylic oxidation sites excluding steroid dienone is 1. The number of rotatable bonds is 6. The third-order valence-electron chi connectivity index (χ3n) is 6.67. The Kier molecular flexibility index (Phi) is 5.92. The van der Waals surface area contributed by atoms with Gasteiger partial charge in [0.05, 0.1) is 5.69 Å².